The van der Waals surface area contributed by atoms with Gasteiger partial charge in [0.05, 0.1) is 18.3 Å². The summed E-state index contributed by atoms with van der Waals surface area (Å²) in [5.41, 5.74) is 2.58. The van der Waals surface area contributed by atoms with Crippen molar-refractivity contribution in [1.82, 2.24) is 14.5 Å². The maximum atomic E-state index is 5.37. The average Bonchev–Trinajstić information content (AvgIpc) is 2.73. The van der Waals surface area contributed by atoms with Gasteiger partial charge in [-0.3, -0.25) is 4.57 Å². The molecule has 1 N–H and O–H groups in total. The zero-order valence-electron chi connectivity index (χ0n) is 10.1. The number of H-pyrrole nitrogens is 1. The van der Waals surface area contributed by atoms with E-state index >= 15 is 0 Å². The van der Waals surface area contributed by atoms with E-state index in [2.05, 4.69) is 25.9 Å². The number of hydrogen-bond acceptors (Lipinski definition) is 3. The third kappa shape index (κ3) is 2.17. The molecule has 0 saturated heterocycles. The topological polar surface area (TPSA) is 42.8 Å². The van der Waals surface area contributed by atoms with Crippen LogP contribution in [0.3, 0.4) is 0 Å². The third-order valence-corrected chi connectivity index (χ3v) is 3.56. The Morgan fingerprint density at radius 2 is 2.16 bits per heavy atom. The second-order valence-corrected chi connectivity index (χ2v) is 5.27. The van der Waals surface area contributed by atoms with Gasteiger partial charge in [0.2, 0.25) is 5.88 Å². The van der Waals surface area contributed by atoms with E-state index in [1.807, 2.05) is 34.9 Å². The highest BCUT2D eigenvalue weighted by Gasteiger charge is 2.09. The second-order valence-electron chi connectivity index (χ2n) is 3.97. The molecule has 0 amide bonds. The van der Waals surface area contributed by atoms with Gasteiger partial charge in [0, 0.05) is 10.5 Å². The van der Waals surface area contributed by atoms with Crippen molar-refractivity contribution in [2.75, 3.05) is 7.11 Å². The molecule has 0 atom stereocenters. The number of nitrogens with zero attached hydrogens (tertiary/aromatic N) is 2. The average molecular weight is 336 g/mol. The standard InChI is InChI=1S/C13H10BrN3OS/c1-18-11-6-5-10-12(16-11)17(13(19)15-10)9-4-2-3-8(14)7-9/h2-7H,1H3,(H,15,19). The summed E-state index contributed by atoms with van der Waals surface area (Å²) in [5, 5.41) is 0. The van der Waals surface area contributed by atoms with Crippen molar-refractivity contribution in [2.45, 2.75) is 0 Å². The van der Waals surface area contributed by atoms with Crippen molar-refractivity contribution in [1.29, 1.82) is 0 Å². The van der Waals surface area contributed by atoms with Crippen molar-refractivity contribution >= 4 is 39.3 Å². The van der Waals surface area contributed by atoms with E-state index in [4.69, 9.17) is 17.0 Å². The highest BCUT2D eigenvalue weighted by atomic mass is 79.9. The van der Waals surface area contributed by atoms with Crippen LogP contribution in [-0.2, 0) is 0 Å². The number of benzene rings is 1. The molecule has 2 heterocycles. The van der Waals surface area contributed by atoms with Crippen molar-refractivity contribution in [3.8, 4) is 11.6 Å². The summed E-state index contributed by atoms with van der Waals surface area (Å²) < 4.78 is 8.65. The molecule has 0 saturated carbocycles. The molecule has 2 aromatic heterocycles. The zero-order valence-corrected chi connectivity index (χ0v) is 12.5. The molecule has 96 valence electrons. The Hall–Kier alpha value is -1.66. The van der Waals surface area contributed by atoms with E-state index in [9.17, 15) is 0 Å². The van der Waals surface area contributed by atoms with Gasteiger partial charge in [-0.15, -0.1) is 0 Å². The monoisotopic (exact) mass is 335 g/mol. The maximum absolute atomic E-state index is 5.37. The summed E-state index contributed by atoms with van der Waals surface area (Å²) in [5.74, 6) is 0.560. The minimum Gasteiger partial charge on any atom is -0.481 e. The Balaban J connectivity index is 2.33. The summed E-state index contributed by atoms with van der Waals surface area (Å²) in [7, 11) is 1.60. The molecule has 3 rings (SSSR count). The number of hydrogen-bond donors (Lipinski definition) is 1. The Bertz CT molecular complexity index is 809. The van der Waals surface area contributed by atoms with Crippen molar-refractivity contribution < 1.29 is 4.74 Å². The van der Waals surface area contributed by atoms with Crippen LogP contribution in [0.5, 0.6) is 5.88 Å². The summed E-state index contributed by atoms with van der Waals surface area (Å²) >= 11 is 8.83. The number of methoxy groups -OCH3 is 1. The van der Waals surface area contributed by atoms with Crippen LogP contribution in [0.1, 0.15) is 0 Å². The lowest BCUT2D eigenvalue weighted by atomic mass is 10.3. The van der Waals surface area contributed by atoms with Gasteiger partial charge < -0.3 is 9.72 Å². The zero-order chi connectivity index (χ0) is 13.4. The van der Waals surface area contributed by atoms with E-state index in [1.165, 1.54) is 0 Å². The van der Waals surface area contributed by atoms with Crippen LogP contribution in [0.25, 0.3) is 16.9 Å². The molecule has 4 nitrogen and oxygen atoms in total. The SMILES string of the molecule is COc1ccc2[nH]c(=S)n(-c3cccc(Br)c3)c2n1. The number of aromatic amines is 1. The predicted molar refractivity (Wildman–Crippen MR) is 80.5 cm³/mol. The third-order valence-electron chi connectivity index (χ3n) is 2.78. The molecule has 19 heavy (non-hydrogen) atoms. The lowest BCUT2D eigenvalue weighted by molar-refractivity contribution is 0.399. The Morgan fingerprint density at radius 3 is 2.89 bits per heavy atom. The van der Waals surface area contributed by atoms with Crippen LogP contribution in [-0.4, -0.2) is 21.6 Å². The van der Waals surface area contributed by atoms with Crippen molar-refractivity contribution in [3.63, 3.8) is 0 Å². The van der Waals surface area contributed by atoms with E-state index in [-0.39, 0.29) is 0 Å². The van der Waals surface area contributed by atoms with Crippen molar-refractivity contribution in [2.24, 2.45) is 0 Å². The molecule has 0 aliphatic carbocycles. The minimum atomic E-state index is 0.560. The molecule has 0 unspecified atom stereocenters. The van der Waals surface area contributed by atoms with Gasteiger partial charge in [0.25, 0.3) is 0 Å². The molecule has 0 bridgehead atoms. The summed E-state index contributed by atoms with van der Waals surface area (Å²) in [4.78, 5) is 7.59. The van der Waals surface area contributed by atoms with Crippen LogP contribution in [0.2, 0.25) is 0 Å². The highest BCUT2D eigenvalue weighted by molar-refractivity contribution is 9.10. The molecule has 3 aromatic rings. The highest BCUT2D eigenvalue weighted by Crippen LogP contribution is 2.22. The Kier molecular flexibility index (Phi) is 3.12. The van der Waals surface area contributed by atoms with Crippen LogP contribution >= 0.6 is 28.1 Å². The Morgan fingerprint density at radius 1 is 1.32 bits per heavy atom. The van der Waals surface area contributed by atoms with Gasteiger partial charge in [-0.25, -0.2) is 0 Å². The van der Waals surface area contributed by atoms with E-state index < -0.39 is 0 Å². The molecule has 0 aliphatic heterocycles. The number of fused-ring (bicyclic) bond motifs is 1. The van der Waals surface area contributed by atoms with Crippen LogP contribution < -0.4 is 4.74 Å². The molecule has 0 spiro atoms. The molecule has 0 aliphatic rings. The fraction of sp³-hybridized carbons (Fsp3) is 0.0769. The summed E-state index contributed by atoms with van der Waals surface area (Å²) in [6.45, 7) is 0. The van der Waals surface area contributed by atoms with Gasteiger partial charge in [0.15, 0.2) is 10.4 Å². The van der Waals surface area contributed by atoms with Gasteiger partial charge in [-0.2, -0.15) is 4.98 Å². The van der Waals surface area contributed by atoms with Crippen LogP contribution in [0, 0.1) is 4.77 Å². The van der Waals surface area contributed by atoms with Crippen LogP contribution in [0.15, 0.2) is 40.9 Å². The number of pyridine rings is 1. The quantitative estimate of drug-likeness (QED) is 0.723. The molecule has 6 heteroatoms. The first kappa shape index (κ1) is 12.4. The predicted octanol–water partition coefficient (Wildman–Crippen LogP) is 3.85. The molecule has 0 radical (unpaired) electrons. The lowest BCUT2D eigenvalue weighted by Crippen LogP contribution is -1.96. The normalized spacial score (nSPS) is 10.8. The van der Waals surface area contributed by atoms with E-state index in [1.54, 1.807) is 13.2 Å². The van der Waals surface area contributed by atoms with E-state index in [0.29, 0.717) is 10.7 Å². The fourth-order valence-corrected chi connectivity index (χ4v) is 2.62. The molecular formula is C13H10BrN3OS. The number of imidazole rings is 1. The van der Waals surface area contributed by atoms with Gasteiger partial charge >= 0.3 is 0 Å². The number of ether oxygens (including phenoxy) is 1. The summed E-state index contributed by atoms with van der Waals surface area (Å²) in [6, 6.07) is 11.6. The molecule has 0 fully saturated rings. The van der Waals surface area contributed by atoms with Gasteiger partial charge in [0.1, 0.15) is 0 Å². The first-order valence-corrected chi connectivity index (χ1v) is 6.81. The molecular weight excluding hydrogens is 326 g/mol. The van der Waals surface area contributed by atoms with Crippen molar-refractivity contribution in [3.05, 3.63) is 45.6 Å². The van der Waals surface area contributed by atoms with Gasteiger partial charge in [-0.05, 0) is 36.5 Å². The smallest absolute Gasteiger partial charge is 0.215 e. The largest absolute Gasteiger partial charge is 0.481 e. The van der Waals surface area contributed by atoms with Gasteiger partial charge in [-0.1, -0.05) is 22.0 Å². The van der Waals surface area contributed by atoms with Crippen LogP contribution in [0.4, 0.5) is 0 Å². The minimum absolute atomic E-state index is 0.560. The first-order chi connectivity index (χ1) is 9.19. The first-order valence-electron chi connectivity index (χ1n) is 5.61. The lowest BCUT2D eigenvalue weighted by Gasteiger charge is -2.05. The number of aromatic nitrogens is 3. The summed E-state index contributed by atoms with van der Waals surface area (Å²) in [6.07, 6.45) is 0. The molecule has 1 aromatic carbocycles. The number of rotatable bonds is 2. The Labute approximate surface area is 123 Å². The van der Waals surface area contributed by atoms with E-state index in [0.717, 1.165) is 21.3 Å². The number of nitrogens with one attached hydrogen (secondary N) is 1. The maximum Gasteiger partial charge on any atom is 0.215 e. The second kappa shape index (κ2) is 4.79. The fourth-order valence-electron chi connectivity index (χ4n) is 1.93. The number of halogens is 1.